The van der Waals surface area contributed by atoms with E-state index in [1.807, 2.05) is 24.3 Å². The van der Waals surface area contributed by atoms with Gasteiger partial charge in [-0.3, -0.25) is 0 Å². The highest BCUT2D eigenvalue weighted by Crippen LogP contribution is 2.41. The molecular formula is C26H24F3NO3S. The number of rotatable bonds is 7. The number of halogens is 3. The molecule has 0 atom stereocenters. The number of ether oxygens (including phenoxy) is 1. The SMILES string of the molecule is COc1cc(C(=O)O)ccc1NSc1cccc(-c2ccc(C3CCC(F)(F)CC3)cc2)c1F. The van der Waals surface area contributed by atoms with Gasteiger partial charge in [-0.1, -0.05) is 36.4 Å². The summed E-state index contributed by atoms with van der Waals surface area (Å²) in [5.41, 5.74) is 2.74. The van der Waals surface area contributed by atoms with Gasteiger partial charge in [-0.25, -0.2) is 18.0 Å². The van der Waals surface area contributed by atoms with Gasteiger partial charge in [-0.2, -0.15) is 0 Å². The largest absolute Gasteiger partial charge is 0.495 e. The molecule has 0 bridgehead atoms. The molecule has 0 aliphatic heterocycles. The van der Waals surface area contributed by atoms with E-state index in [0.29, 0.717) is 40.3 Å². The van der Waals surface area contributed by atoms with Crippen LogP contribution in [0, 0.1) is 5.82 Å². The van der Waals surface area contributed by atoms with Gasteiger partial charge in [0.1, 0.15) is 11.6 Å². The maximum Gasteiger partial charge on any atom is 0.335 e. The summed E-state index contributed by atoms with van der Waals surface area (Å²) in [5, 5.41) is 9.13. The predicted octanol–water partition coefficient (Wildman–Crippen LogP) is 7.61. The molecule has 8 heteroatoms. The first kappa shape index (κ1) is 24.0. The molecule has 0 unspecified atom stereocenters. The predicted molar refractivity (Wildman–Crippen MR) is 127 cm³/mol. The van der Waals surface area contributed by atoms with Crippen LogP contribution in [0.5, 0.6) is 5.75 Å². The third-order valence-electron chi connectivity index (χ3n) is 6.09. The summed E-state index contributed by atoms with van der Waals surface area (Å²) < 4.78 is 50.5. The summed E-state index contributed by atoms with van der Waals surface area (Å²) in [4.78, 5) is 11.5. The van der Waals surface area contributed by atoms with Gasteiger partial charge in [-0.15, -0.1) is 0 Å². The first-order valence-electron chi connectivity index (χ1n) is 10.9. The third kappa shape index (κ3) is 5.33. The second-order valence-electron chi connectivity index (χ2n) is 8.29. The van der Waals surface area contributed by atoms with Crippen molar-refractivity contribution in [1.82, 2.24) is 0 Å². The van der Waals surface area contributed by atoms with Crippen molar-refractivity contribution in [2.45, 2.75) is 42.4 Å². The van der Waals surface area contributed by atoms with E-state index < -0.39 is 17.7 Å². The summed E-state index contributed by atoms with van der Waals surface area (Å²) in [6.45, 7) is 0. The van der Waals surface area contributed by atoms with Crippen molar-refractivity contribution in [2.24, 2.45) is 0 Å². The van der Waals surface area contributed by atoms with Crippen LogP contribution >= 0.6 is 11.9 Å². The van der Waals surface area contributed by atoms with Crippen molar-refractivity contribution in [3.63, 3.8) is 0 Å². The lowest BCUT2D eigenvalue weighted by atomic mass is 9.82. The first-order chi connectivity index (χ1) is 16.3. The van der Waals surface area contributed by atoms with Crippen molar-refractivity contribution in [1.29, 1.82) is 0 Å². The Hall–Kier alpha value is -3.13. The normalized spacial score (nSPS) is 15.6. The van der Waals surface area contributed by atoms with E-state index in [2.05, 4.69) is 4.72 Å². The number of benzene rings is 3. The molecule has 1 aliphatic rings. The zero-order valence-electron chi connectivity index (χ0n) is 18.5. The monoisotopic (exact) mass is 487 g/mol. The number of aromatic carboxylic acids is 1. The van der Waals surface area contributed by atoms with Crippen LogP contribution in [0.4, 0.5) is 18.9 Å². The summed E-state index contributed by atoms with van der Waals surface area (Å²) in [6, 6.07) is 16.9. The summed E-state index contributed by atoms with van der Waals surface area (Å²) >= 11 is 1.05. The van der Waals surface area contributed by atoms with E-state index in [4.69, 9.17) is 9.84 Å². The molecular weight excluding hydrogens is 463 g/mol. The summed E-state index contributed by atoms with van der Waals surface area (Å²) in [6.07, 6.45) is 0.721. The maximum absolute atomic E-state index is 15.3. The second kappa shape index (κ2) is 10.0. The Bertz CT molecular complexity index is 1170. The lowest BCUT2D eigenvalue weighted by Crippen LogP contribution is -2.23. The molecule has 0 heterocycles. The smallest absolute Gasteiger partial charge is 0.335 e. The van der Waals surface area contributed by atoms with Crippen molar-refractivity contribution in [3.8, 4) is 16.9 Å². The zero-order valence-corrected chi connectivity index (χ0v) is 19.3. The van der Waals surface area contributed by atoms with Crippen LogP contribution < -0.4 is 9.46 Å². The number of anilines is 1. The van der Waals surface area contributed by atoms with Crippen molar-refractivity contribution >= 4 is 23.6 Å². The molecule has 2 N–H and O–H groups in total. The van der Waals surface area contributed by atoms with E-state index in [-0.39, 0.29) is 24.3 Å². The van der Waals surface area contributed by atoms with Gasteiger partial charge in [0.05, 0.1) is 23.3 Å². The number of carbonyl (C=O) groups is 1. The summed E-state index contributed by atoms with van der Waals surface area (Å²) in [7, 11) is 1.43. The third-order valence-corrected chi connectivity index (χ3v) is 6.95. The molecule has 1 aliphatic carbocycles. The van der Waals surface area contributed by atoms with Crippen molar-refractivity contribution in [3.05, 3.63) is 77.6 Å². The number of carboxylic acid groups (broad SMARTS) is 1. The molecule has 0 radical (unpaired) electrons. The first-order valence-corrected chi connectivity index (χ1v) is 11.7. The number of methoxy groups -OCH3 is 1. The lowest BCUT2D eigenvalue weighted by Gasteiger charge is -2.28. The topological polar surface area (TPSA) is 58.6 Å². The van der Waals surface area contributed by atoms with E-state index in [1.165, 1.54) is 19.2 Å². The molecule has 3 aromatic rings. The molecule has 4 rings (SSSR count). The van der Waals surface area contributed by atoms with Gasteiger partial charge >= 0.3 is 5.97 Å². The fourth-order valence-corrected chi connectivity index (χ4v) is 4.87. The number of alkyl halides is 2. The number of hydrogen-bond donors (Lipinski definition) is 2. The van der Waals surface area contributed by atoms with Gasteiger partial charge in [-0.05, 0) is 66.1 Å². The molecule has 34 heavy (non-hydrogen) atoms. The zero-order chi connectivity index (χ0) is 24.3. The van der Waals surface area contributed by atoms with Crippen LogP contribution in [0.25, 0.3) is 11.1 Å². The van der Waals surface area contributed by atoms with Crippen molar-refractivity contribution < 1.29 is 27.8 Å². The highest BCUT2D eigenvalue weighted by molar-refractivity contribution is 8.00. The Balaban J connectivity index is 1.49. The Morgan fingerprint density at radius 3 is 2.44 bits per heavy atom. The van der Waals surface area contributed by atoms with E-state index in [1.54, 1.807) is 24.3 Å². The van der Waals surface area contributed by atoms with Crippen LogP contribution in [-0.4, -0.2) is 24.1 Å². The minimum atomic E-state index is -2.56. The molecule has 0 saturated heterocycles. The van der Waals surface area contributed by atoms with Crippen molar-refractivity contribution in [2.75, 3.05) is 11.8 Å². The Labute approximate surface area is 200 Å². The Morgan fingerprint density at radius 1 is 1.09 bits per heavy atom. The molecule has 4 nitrogen and oxygen atoms in total. The molecule has 1 saturated carbocycles. The Kier molecular flexibility index (Phi) is 7.07. The van der Waals surface area contributed by atoms with E-state index >= 15 is 4.39 Å². The van der Waals surface area contributed by atoms with Gasteiger partial charge in [0, 0.05) is 18.4 Å². The van der Waals surface area contributed by atoms with E-state index in [9.17, 15) is 13.6 Å². The Morgan fingerprint density at radius 2 is 1.79 bits per heavy atom. The highest BCUT2D eigenvalue weighted by atomic mass is 32.2. The van der Waals surface area contributed by atoms with Gasteiger partial charge < -0.3 is 14.6 Å². The van der Waals surface area contributed by atoms with Crippen LogP contribution in [0.2, 0.25) is 0 Å². The quantitative estimate of drug-likeness (QED) is 0.336. The molecule has 0 spiro atoms. The minimum Gasteiger partial charge on any atom is -0.495 e. The van der Waals surface area contributed by atoms with Gasteiger partial charge in [0.25, 0.3) is 0 Å². The van der Waals surface area contributed by atoms with Crippen LogP contribution in [0.1, 0.15) is 47.5 Å². The molecule has 178 valence electrons. The maximum atomic E-state index is 15.3. The average Bonchev–Trinajstić information content (AvgIpc) is 2.83. The number of hydrogen-bond acceptors (Lipinski definition) is 4. The fraction of sp³-hybridized carbons (Fsp3) is 0.269. The van der Waals surface area contributed by atoms with Crippen LogP contribution in [0.15, 0.2) is 65.6 Å². The standard InChI is InChI=1S/C26H24F3NO3S/c1-33-22-15-19(25(31)32)9-10-21(22)30-34-23-4-2-3-20(24(23)27)18-7-5-16(6-8-18)17-11-13-26(28,29)14-12-17/h2-10,15,17,30H,11-14H2,1H3,(H,31,32). The van der Waals surface area contributed by atoms with Crippen LogP contribution in [0.3, 0.4) is 0 Å². The number of carboxylic acids is 1. The van der Waals surface area contributed by atoms with Gasteiger partial charge in [0.15, 0.2) is 0 Å². The molecule has 3 aromatic carbocycles. The molecule has 1 fully saturated rings. The van der Waals surface area contributed by atoms with E-state index in [0.717, 1.165) is 17.5 Å². The molecule has 0 aromatic heterocycles. The molecule has 0 amide bonds. The fourth-order valence-electron chi connectivity index (χ4n) is 4.14. The second-order valence-corrected chi connectivity index (χ2v) is 9.14. The minimum absolute atomic E-state index is 0.0889. The lowest BCUT2D eigenvalue weighted by molar-refractivity contribution is -0.0382. The van der Waals surface area contributed by atoms with Gasteiger partial charge in [0.2, 0.25) is 5.92 Å². The summed E-state index contributed by atoms with van der Waals surface area (Å²) in [5.74, 6) is -3.59. The average molecular weight is 488 g/mol. The number of nitrogens with one attached hydrogen (secondary N) is 1. The van der Waals surface area contributed by atoms with Crippen LogP contribution in [-0.2, 0) is 0 Å². The highest BCUT2D eigenvalue weighted by Gasteiger charge is 2.35.